The van der Waals surface area contributed by atoms with E-state index in [0.29, 0.717) is 10.0 Å². The van der Waals surface area contributed by atoms with Crippen LogP contribution in [0.5, 0.6) is 0 Å². The van der Waals surface area contributed by atoms with E-state index in [4.69, 9.17) is 23.2 Å². The number of rotatable bonds is 6. The number of nitrogens with one attached hydrogen (secondary N) is 1. The second-order valence-electron chi connectivity index (χ2n) is 5.19. The van der Waals surface area contributed by atoms with E-state index in [0.717, 1.165) is 25.9 Å². The zero-order valence-corrected chi connectivity index (χ0v) is 12.3. The highest BCUT2D eigenvalue weighted by atomic mass is 35.5. The Balaban J connectivity index is 2.59. The van der Waals surface area contributed by atoms with Crippen LogP contribution in [-0.4, -0.2) is 13.1 Å². The van der Waals surface area contributed by atoms with Gasteiger partial charge in [0, 0.05) is 0 Å². The molecule has 0 aliphatic rings. The third-order valence-corrected chi connectivity index (χ3v) is 3.63. The lowest BCUT2D eigenvalue weighted by molar-refractivity contribution is 0.327. The van der Waals surface area contributed by atoms with Gasteiger partial charge in [-0.15, -0.1) is 0 Å². The minimum absolute atomic E-state index is 0.277. The van der Waals surface area contributed by atoms with Crippen molar-refractivity contribution in [3.05, 3.63) is 33.8 Å². The van der Waals surface area contributed by atoms with Gasteiger partial charge in [0.2, 0.25) is 0 Å². The van der Waals surface area contributed by atoms with E-state index in [-0.39, 0.29) is 5.41 Å². The Kier molecular flexibility index (Phi) is 5.78. The van der Waals surface area contributed by atoms with Crippen molar-refractivity contribution in [2.45, 2.75) is 33.6 Å². The van der Waals surface area contributed by atoms with E-state index in [1.807, 2.05) is 12.1 Å². The van der Waals surface area contributed by atoms with Crippen molar-refractivity contribution >= 4 is 23.2 Å². The van der Waals surface area contributed by atoms with E-state index >= 15 is 0 Å². The molecule has 0 amide bonds. The molecular weight excluding hydrogens is 253 g/mol. The van der Waals surface area contributed by atoms with Crippen molar-refractivity contribution < 1.29 is 0 Å². The quantitative estimate of drug-likeness (QED) is 0.750. The molecule has 1 rings (SSSR count). The van der Waals surface area contributed by atoms with Gasteiger partial charge in [0.05, 0.1) is 10.0 Å². The van der Waals surface area contributed by atoms with Gasteiger partial charge in [0.25, 0.3) is 0 Å². The van der Waals surface area contributed by atoms with Crippen molar-refractivity contribution in [3.8, 4) is 0 Å². The summed E-state index contributed by atoms with van der Waals surface area (Å²) in [6, 6.07) is 5.90. The molecule has 0 bridgehead atoms. The molecule has 0 saturated carbocycles. The number of hydrogen-bond donors (Lipinski definition) is 1. The van der Waals surface area contributed by atoms with Gasteiger partial charge in [-0.2, -0.15) is 0 Å². The Morgan fingerprint density at radius 1 is 1.18 bits per heavy atom. The van der Waals surface area contributed by atoms with Gasteiger partial charge in [0.1, 0.15) is 0 Å². The minimum atomic E-state index is 0.277. The molecule has 0 spiro atoms. The summed E-state index contributed by atoms with van der Waals surface area (Å²) in [5.74, 6) is 0. The molecule has 0 saturated heterocycles. The Morgan fingerprint density at radius 3 is 2.47 bits per heavy atom. The topological polar surface area (TPSA) is 12.0 Å². The molecule has 17 heavy (non-hydrogen) atoms. The number of hydrogen-bond acceptors (Lipinski definition) is 1. The van der Waals surface area contributed by atoms with Crippen molar-refractivity contribution in [2.24, 2.45) is 5.41 Å². The monoisotopic (exact) mass is 273 g/mol. The van der Waals surface area contributed by atoms with Crippen LogP contribution in [0.1, 0.15) is 32.8 Å². The lowest BCUT2D eigenvalue weighted by Gasteiger charge is -2.25. The average molecular weight is 274 g/mol. The molecule has 96 valence electrons. The molecule has 0 aliphatic carbocycles. The molecule has 0 atom stereocenters. The second kappa shape index (κ2) is 6.63. The van der Waals surface area contributed by atoms with Crippen LogP contribution in [0.25, 0.3) is 0 Å². The molecule has 0 fully saturated rings. The van der Waals surface area contributed by atoms with Crippen LogP contribution in [-0.2, 0) is 6.42 Å². The van der Waals surface area contributed by atoms with E-state index in [1.54, 1.807) is 0 Å². The summed E-state index contributed by atoms with van der Waals surface area (Å²) in [6.07, 6.45) is 2.18. The second-order valence-corrected chi connectivity index (χ2v) is 6.01. The molecule has 1 aromatic carbocycles. The van der Waals surface area contributed by atoms with Crippen molar-refractivity contribution in [1.29, 1.82) is 0 Å². The van der Waals surface area contributed by atoms with E-state index in [2.05, 4.69) is 32.2 Å². The summed E-state index contributed by atoms with van der Waals surface area (Å²) < 4.78 is 0. The molecular formula is C14H21Cl2N. The van der Waals surface area contributed by atoms with E-state index in [9.17, 15) is 0 Å². The molecule has 0 heterocycles. The molecule has 0 radical (unpaired) electrons. The van der Waals surface area contributed by atoms with Crippen molar-refractivity contribution in [1.82, 2.24) is 5.32 Å². The van der Waals surface area contributed by atoms with Gasteiger partial charge in [-0.05, 0) is 49.0 Å². The molecule has 1 nitrogen and oxygen atoms in total. The maximum atomic E-state index is 6.03. The van der Waals surface area contributed by atoms with Gasteiger partial charge in [-0.1, -0.05) is 50.0 Å². The SMILES string of the molecule is CCNCCC(C)(C)Cc1ccc(Cl)c(Cl)c1. The third-order valence-electron chi connectivity index (χ3n) is 2.90. The lowest BCUT2D eigenvalue weighted by Crippen LogP contribution is -2.23. The average Bonchev–Trinajstić information content (AvgIpc) is 2.23. The Morgan fingerprint density at radius 2 is 1.88 bits per heavy atom. The normalized spacial score (nSPS) is 11.8. The summed E-state index contributed by atoms with van der Waals surface area (Å²) in [7, 11) is 0. The zero-order chi connectivity index (χ0) is 12.9. The Labute approximate surface area is 115 Å². The van der Waals surface area contributed by atoms with Crippen LogP contribution < -0.4 is 5.32 Å². The molecule has 0 aromatic heterocycles. The van der Waals surface area contributed by atoms with E-state index in [1.165, 1.54) is 5.56 Å². The molecule has 0 unspecified atom stereocenters. The van der Waals surface area contributed by atoms with E-state index < -0.39 is 0 Å². The van der Waals surface area contributed by atoms with Crippen LogP contribution in [0, 0.1) is 5.41 Å². The number of benzene rings is 1. The highest BCUT2D eigenvalue weighted by Crippen LogP contribution is 2.29. The first-order valence-corrected chi connectivity index (χ1v) is 6.85. The van der Waals surface area contributed by atoms with Crippen LogP contribution in [0.3, 0.4) is 0 Å². The molecule has 1 N–H and O–H groups in total. The van der Waals surface area contributed by atoms with Crippen LogP contribution >= 0.6 is 23.2 Å². The molecule has 3 heteroatoms. The van der Waals surface area contributed by atoms with Crippen molar-refractivity contribution in [3.63, 3.8) is 0 Å². The first-order valence-electron chi connectivity index (χ1n) is 6.09. The summed E-state index contributed by atoms with van der Waals surface area (Å²) >= 11 is 11.9. The van der Waals surface area contributed by atoms with Crippen LogP contribution in [0.2, 0.25) is 10.0 Å². The van der Waals surface area contributed by atoms with Crippen LogP contribution in [0.15, 0.2) is 18.2 Å². The Hall–Kier alpha value is -0.240. The maximum absolute atomic E-state index is 6.03. The largest absolute Gasteiger partial charge is 0.317 e. The van der Waals surface area contributed by atoms with Crippen molar-refractivity contribution in [2.75, 3.05) is 13.1 Å². The smallest absolute Gasteiger partial charge is 0.0595 e. The van der Waals surface area contributed by atoms with Gasteiger partial charge >= 0.3 is 0 Å². The first-order chi connectivity index (χ1) is 7.94. The predicted octanol–water partition coefficient (Wildman–Crippen LogP) is 4.56. The molecule has 0 aliphatic heterocycles. The first kappa shape index (κ1) is 14.8. The summed E-state index contributed by atoms with van der Waals surface area (Å²) in [5.41, 5.74) is 1.53. The highest BCUT2D eigenvalue weighted by molar-refractivity contribution is 6.42. The predicted molar refractivity (Wildman–Crippen MR) is 77.1 cm³/mol. The maximum Gasteiger partial charge on any atom is 0.0595 e. The van der Waals surface area contributed by atoms with Gasteiger partial charge in [0.15, 0.2) is 0 Å². The Bertz CT molecular complexity index is 361. The highest BCUT2D eigenvalue weighted by Gasteiger charge is 2.18. The fourth-order valence-corrected chi connectivity index (χ4v) is 2.21. The summed E-state index contributed by atoms with van der Waals surface area (Å²) in [4.78, 5) is 0. The lowest BCUT2D eigenvalue weighted by atomic mass is 9.82. The number of halogens is 2. The fourth-order valence-electron chi connectivity index (χ4n) is 1.89. The summed E-state index contributed by atoms with van der Waals surface area (Å²) in [5, 5.41) is 4.63. The zero-order valence-electron chi connectivity index (χ0n) is 10.8. The summed E-state index contributed by atoms with van der Waals surface area (Å²) in [6.45, 7) is 8.79. The fraction of sp³-hybridized carbons (Fsp3) is 0.571. The van der Waals surface area contributed by atoms with Gasteiger partial charge < -0.3 is 5.32 Å². The minimum Gasteiger partial charge on any atom is -0.317 e. The van der Waals surface area contributed by atoms with Gasteiger partial charge in [-0.25, -0.2) is 0 Å². The standard InChI is InChI=1S/C14H21Cl2N/c1-4-17-8-7-14(2,3)10-11-5-6-12(15)13(16)9-11/h5-6,9,17H,4,7-8,10H2,1-3H3. The third kappa shape index (κ3) is 5.29. The van der Waals surface area contributed by atoms with Gasteiger partial charge in [-0.3, -0.25) is 0 Å². The van der Waals surface area contributed by atoms with Crippen LogP contribution in [0.4, 0.5) is 0 Å². The molecule has 1 aromatic rings.